The zero-order valence-corrected chi connectivity index (χ0v) is 22.1. The number of hydrogen-bond donors (Lipinski definition) is 3. The largest absolute Gasteiger partial charge is 0.492 e. The summed E-state index contributed by atoms with van der Waals surface area (Å²) in [5, 5.41) is 9.18. The Morgan fingerprint density at radius 3 is 2.47 bits per heavy atom. The van der Waals surface area contributed by atoms with Crippen LogP contribution in [0.3, 0.4) is 0 Å². The number of ether oxygens (including phenoxy) is 1. The van der Waals surface area contributed by atoms with Gasteiger partial charge in [-0.3, -0.25) is 14.4 Å². The SMILES string of the molecule is CC(C)C[C@H]1NC(=O)[C@@H](C)N(C)C(=O)[C@H](C2CC2)NCCOc2cc(F)ccc2CC[C@H](C)NC1=O. The van der Waals surface area contributed by atoms with Crippen LogP contribution in [0.5, 0.6) is 5.75 Å². The van der Waals surface area contributed by atoms with Crippen molar-refractivity contribution in [2.24, 2.45) is 11.8 Å². The Kier molecular flexibility index (Phi) is 9.70. The van der Waals surface area contributed by atoms with Gasteiger partial charge >= 0.3 is 0 Å². The monoisotopic (exact) mass is 504 g/mol. The highest BCUT2D eigenvalue weighted by Crippen LogP contribution is 2.33. The van der Waals surface area contributed by atoms with Gasteiger partial charge in [-0.25, -0.2) is 4.39 Å². The molecular weight excluding hydrogens is 463 g/mol. The maximum absolute atomic E-state index is 13.9. The molecule has 0 radical (unpaired) electrons. The number of aryl methyl sites for hydroxylation is 1. The number of likely N-dealkylation sites (N-methyl/N-ethyl adjacent to an activating group) is 1. The first-order chi connectivity index (χ1) is 17.1. The molecule has 0 saturated heterocycles. The number of carbonyl (C=O) groups is 3. The molecule has 3 amide bonds. The first-order valence-corrected chi connectivity index (χ1v) is 13.1. The second-order valence-corrected chi connectivity index (χ2v) is 10.6. The van der Waals surface area contributed by atoms with E-state index in [-0.39, 0.29) is 48.0 Å². The second kappa shape index (κ2) is 12.5. The molecule has 2 aliphatic rings. The molecule has 8 nitrogen and oxygen atoms in total. The van der Waals surface area contributed by atoms with Crippen LogP contribution in [-0.2, 0) is 20.8 Å². The van der Waals surface area contributed by atoms with Gasteiger partial charge in [-0.2, -0.15) is 0 Å². The first-order valence-electron chi connectivity index (χ1n) is 13.1. The summed E-state index contributed by atoms with van der Waals surface area (Å²) < 4.78 is 19.8. The summed E-state index contributed by atoms with van der Waals surface area (Å²) in [4.78, 5) is 40.9. The van der Waals surface area contributed by atoms with E-state index in [2.05, 4.69) is 16.0 Å². The normalized spacial score (nSPS) is 27.4. The maximum atomic E-state index is 13.9. The minimum atomic E-state index is -0.731. The highest BCUT2D eigenvalue weighted by atomic mass is 19.1. The third-order valence-electron chi connectivity index (χ3n) is 7.00. The Labute approximate surface area is 213 Å². The number of rotatable bonds is 3. The lowest BCUT2D eigenvalue weighted by molar-refractivity contribution is -0.141. The van der Waals surface area contributed by atoms with Crippen molar-refractivity contribution in [1.82, 2.24) is 20.9 Å². The van der Waals surface area contributed by atoms with E-state index in [1.54, 1.807) is 20.0 Å². The molecule has 200 valence electrons. The number of hydrogen-bond acceptors (Lipinski definition) is 5. The van der Waals surface area contributed by atoms with Crippen LogP contribution in [-0.4, -0.2) is 67.0 Å². The molecule has 3 rings (SSSR count). The number of halogens is 1. The number of fused-ring (bicyclic) bond motifs is 1. The minimum absolute atomic E-state index is 0.161. The lowest BCUT2D eigenvalue weighted by Crippen LogP contribution is -2.57. The third kappa shape index (κ3) is 7.66. The van der Waals surface area contributed by atoms with Gasteiger partial charge in [0.2, 0.25) is 17.7 Å². The average molecular weight is 505 g/mol. The van der Waals surface area contributed by atoms with Gasteiger partial charge in [0.15, 0.2) is 0 Å². The predicted octanol–water partition coefficient (Wildman–Crippen LogP) is 2.40. The van der Waals surface area contributed by atoms with Crippen molar-refractivity contribution < 1.29 is 23.5 Å². The lowest BCUT2D eigenvalue weighted by Gasteiger charge is -2.31. The molecule has 1 aromatic carbocycles. The van der Waals surface area contributed by atoms with Crippen molar-refractivity contribution in [1.29, 1.82) is 0 Å². The second-order valence-electron chi connectivity index (χ2n) is 10.6. The van der Waals surface area contributed by atoms with Crippen LogP contribution in [0.1, 0.15) is 58.9 Å². The molecular formula is C27H41FN4O4. The van der Waals surface area contributed by atoms with Gasteiger partial charge in [-0.1, -0.05) is 19.9 Å². The van der Waals surface area contributed by atoms with Crippen LogP contribution in [0.15, 0.2) is 18.2 Å². The Balaban J connectivity index is 1.84. The molecule has 0 spiro atoms. The lowest BCUT2D eigenvalue weighted by atomic mass is 10.0. The van der Waals surface area contributed by atoms with Crippen LogP contribution in [0.25, 0.3) is 0 Å². The van der Waals surface area contributed by atoms with Crippen molar-refractivity contribution in [2.45, 2.75) is 84.0 Å². The predicted molar refractivity (Wildman–Crippen MR) is 136 cm³/mol. The molecule has 1 saturated carbocycles. The van der Waals surface area contributed by atoms with Crippen LogP contribution in [0.4, 0.5) is 4.39 Å². The van der Waals surface area contributed by atoms with E-state index in [1.165, 1.54) is 17.0 Å². The number of amides is 3. The van der Waals surface area contributed by atoms with Gasteiger partial charge in [-0.05, 0) is 69.4 Å². The van der Waals surface area contributed by atoms with Crippen LogP contribution in [0, 0.1) is 17.7 Å². The van der Waals surface area contributed by atoms with Crippen molar-refractivity contribution in [3.8, 4) is 5.75 Å². The van der Waals surface area contributed by atoms with Crippen molar-refractivity contribution in [2.75, 3.05) is 20.2 Å². The summed E-state index contributed by atoms with van der Waals surface area (Å²) in [6, 6.07) is 2.47. The van der Waals surface area contributed by atoms with Crippen LogP contribution in [0.2, 0.25) is 0 Å². The standard InChI is InChI=1S/C27H41FN4O4/c1-16(2)14-22-26(34)30-17(3)6-7-19-10-11-21(28)15-23(19)36-13-12-29-24(20-8-9-20)27(35)32(5)18(4)25(33)31-22/h10-11,15-18,20,22,24,29H,6-9,12-14H2,1-5H3,(H,30,34)(H,31,33)/t17-,18+,22+,24-/m0/s1. The number of carbonyl (C=O) groups excluding carboxylic acids is 3. The Morgan fingerprint density at radius 1 is 1.08 bits per heavy atom. The quantitative estimate of drug-likeness (QED) is 0.587. The van der Waals surface area contributed by atoms with E-state index in [0.29, 0.717) is 31.6 Å². The zero-order valence-electron chi connectivity index (χ0n) is 22.1. The van der Waals surface area contributed by atoms with Gasteiger partial charge in [0.05, 0.1) is 6.04 Å². The van der Waals surface area contributed by atoms with Gasteiger partial charge in [-0.15, -0.1) is 0 Å². The van der Waals surface area contributed by atoms with Crippen molar-refractivity contribution >= 4 is 17.7 Å². The maximum Gasteiger partial charge on any atom is 0.243 e. The molecule has 3 N–H and O–H groups in total. The Hall–Kier alpha value is -2.68. The number of nitrogens with zero attached hydrogens (tertiary/aromatic N) is 1. The highest BCUT2D eigenvalue weighted by Gasteiger charge is 2.39. The Bertz CT molecular complexity index is 936. The van der Waals surface area contributed by atoms with E-state index >= 15 is 0 Å². The number of nitrogens with one attached hydrogen (secondary N) is 3. The Morgan fingerprint density at radius 2 is 1.81 bits per heavy atom. The zero-order chi connectivity index (χ0) is 26.4. The summed E-state index contributed by atoms with van der Waals surface area (Å²) in [5.74, 6) is -0.265. The molecule has 36 heavy (non-hydrogen) atoms. The van der Waals surface area contributed by atoms with Crippen molar-refractivity contribution in [3.63, 3.8) is 0 Å². The topological polar surface area (TPSA) is 99.8 Å². The molecule has 1 aliphatic carbocycles. The smallest absolute Gasteiger partial charge is 0.243 e. The minimum Gasteiger partial charge on any atom is -0.492 e. The summed E-state index contributed by atoms with van der Waals surface area (Å²) in [5.41, 5.74) is 0.856. The third-order valence-corrected chi connectivity index (χ3v) is 7.00. The molecule has 0 unspecified atom stereocenters. The summed E-state index contributed by atoms with van der Waals surface area (Å²) in [6.45, 7) is 8.27. The van der Waals surface area contributed by atoms with Gasteiger partial charge < -0.3 is 25.6 Å². The molecule has 4 atom stereocenters. The van der Waals surface area contributed by atoms with Crippen LogP contribution >= 0.6 is 0 Å². The molecule has 1 heterocycles. The van der Waals surface area contributed by atoms with E-state index in [9.17, 15) is 18.8 Å². The van der Waals surface area contributed by atoms with E-state index in [4.69, 9.17) is 4.74 Å². The summed E-state index contributed by atoms with van der Waals surface area (Å²) in [6.07, 6.45) is 3.60. The first kappa shape index (κ1) is 27.9. The van der Waals surface area contributed by atoms with E-state index in [1.807, 2.05) is 20.8 Å². The fourth-order valence-corrected chi connectivity index (χ4v) is 4.50. The van der Waals surface area contributed by atoms with Crippen LogP contribution < -0.4 is 20.7 Å². The molecule has 1 aromatic rings. The van der Waals surface area contributed by atoms with Gasteiger partial charge in [0.1, 0.15) is 30.3 Å². The summed E-state index contributed by atoms with van der Waals surface area (Å²) >= 11 is 0. The molecule has 0 bridgehead atoms. The molecule has 9 heteroatoms. The van der Waals surface area contributed by atoms with Crippen molar-refractivity contribution in [3.05, 3.63) is 29.6 Å². The molecule has 1 fully saturated rings. The van der Waals surface area contributed by atoms with Gasteiger partial charge in [0, 0.05) is 25.7 Å². The van der Waals surface area contributed by atoms with E-state index in [0.717, 1.165) is 18.4 Å². The highest BCUT2D eigenvalue weighted by molar-refractivity contribution is 5.93. The van der Waals surface area contributed by atoms with Gasteiger partial charge in [0.25, 0.3) is 0 Å². The molecule has 0 aromatic heterocycles. The number of benzene rings is 1. The summed E-state index contributed by atoms with van der Waals surface area (Å²) in [7, 11) is 1.62. The average Bonchev–Trinajstić information content (AvgIpc) is 3.66. The van der Waals surface area contributed by atoms with E-state index < -0.39 is 18.1 Å². The fraction of sp³-hybridized carbons (Fsp3) is 0.667. The fourth-order valence-electron chi connectivity index (χ4n) is 4.50. The molecule has 1 aliphatic heterocycles.